The Kier molecular flexibility index (Phi) is 4.96. The highest BCUT2D eigenvalue weighted by atomic mass is 32.2. The lowest BCUT2D eigenvalue weighted by Gasteiger charge is -2.09. The van der Waals surface area contributed by atoms with Gasteiger partial charge in [0.25, 0.3) is 5.69 Å². The van der Waals surface area contributed by atoms with Crippen molar-refractivity contribution in [2.45, 2.75) is 24.3 Å². The molecule has 0 spiro atoms. The Morgan fingerprint density at radius 2 is 2.11 bits per heavy atom. The fraction of sp³-hybridized carbons (Fsp3) is 0.364. The fourth-order valence-electron chi connectivity index (χ4n) is 1.45. The lowest BCUT2D eigenvalue weighted by atomic mass is 10.2. The summed E-state index contributed by atoms with van der Waals surface area (Å²) in [4.78, 5) is 20.7. The first-order valence-corrected chi connectivity index (χ1v) is 6.61. The number of para-hydroxylation sites is 1. The number of carboxylic acids is 1. The van der Waals surface area contributed by atoms with Crippen molar-refractivity contribution in [3.05, 3.63) is 39.9 Å². The van der Waals surface area contributed by atoms with Gasteiger partial charge in [0.05, 0.1) is 17.1 Å². The number of hydrogen-bond acceptors (Lipinski definition) is 4. The Labute approximate surface area is 106 Å². The van der Waals surface area contributed by atoms with Crippen LogP contribution in [0.25, 0.3) is 0 Å². The Bertz CT molecular complexity index is 488. The molecule has 0 heterocycles. The van der Waals surface area contributed by atoms with E-state index in [0.29, 0.717) is 5.56 Å². The predicted molar refractivity (Wildman–Crippen MR) is 66.7 cm³/mol. The van der Waals surface area contributed by atoms with Gasteiger partial charge in [-0.15, -0.1) is 0 Å². The van der Waals surface area contributed by atoms with Crippen LogP contribution >= 0.6 is 0 Å². The van der Waals surface area contributed by atoms with Gasteiger partial charge >= 0.3 is 5.97 Å². The lowest BCUT2D eigenvalue weighted by molar-refractivity contribution is -0.385. The number of carboxylic acid groups (broad SMARTS) is 1. The monoisotopic (exact) mass is 271 g/mol. The minimum absolute atomic E-state index is 0.00833. The molecule has 0 saturated carbocycles. The first-order chi connectivity index (χ1) is 8.41. The van der Waals surface area contributed by atoms with Crippen molar-refractivity contribution in [1.82, 2.24) is 0 Å². The van der Waals surface area contributed by atoms with Crippen LogP contribution in [0, 0.1) is 10.1 Å². The molecule has 1 rings (SSSR count). The van der Waals surface area contributed by atoms with Gasteiger partial charge in [-0.3, -0.25) is 19.1 Å². The number of nitrogens with zero attached hydrogens (tertiary/aromatic N) is 1. The highest BCUT2D eigenvalue weighted by Crippen LogP contribution is 2.20. The van der Waals surface area contributed by atoms with E-state index in [0.717, 1.165) is 0 Å². The molecule has 0 amide bonds. The van der Waals surface area contributed by atoms with E-state index in [1.165, 1.54) is 18.2 Å². The molecule has 0 aliphatic rings. The number of nitro groups is 1. The first kappa shape index (κ1) is 14.3. The predicted octanol–water partition coefficient (Wildman–Crippen LogP) is 1.71. The molecular formula is C11H13NO5S. The van der Waals surface area contributed by atoms with Gasteiger partial charge in [0.2, 0.25) is 0 Å². The SMILES string of the molecule is CC(CC(=O)O)S(=O)Cc1ccccc1[N+](=O)[O-]. The first-order valence-electron chi connectivity index (χ1n) is 5.23. The summed E-state index contributed by atoms with van der Waals surface area (Å²) in [5, 5.41) is 18.8. The van der Waals surface area contributed by atoms with Crippen LogP contribution < -0.4 is 0 Å². The molecule has 6 nitrogen and oxygen atoms in total. The van der Waals surface area contributed by atoms with Crippen molar-refractivity contribution in [2.75, 3.05) is 0 Å². The summed E-state index contributed by atoms with van der Waals surface area (Å²) in [6.45, 7) is 1.55. The van der Waals surface area contributed by atoms with Gasteiger partial charge in [0.15, 0.2) is 0 Å². The van der Waals surface area contributed by atoms with Gasteiger partial charge in [-0.25, -0.2) is 0 Å². The van der Waals surface area contributed by atoms with E-state index < -0.39 is 26.9 Å². The van der Waals surface area contributed by atoms with Gasteiger partial charge in [-0.2, -0.15) is 0 Å². The molecule has 1 aromatic rings. The summed E-state index contributed by atoms with van der Waals surface area (Å²) in [6, 6.07) is 6.03. The molecule has 0 bridgehead atoms. The molecule has 2 unspecified atom stereocenters. The van der Waals surface area contributed by atoms with E-state index in [-0.39, 0.29) is 17.9 Å². The molecule has 0 saturated heterocycles. The second-order valence-corrected chi connectivity index (χ2v) is 5.67. The summed E-state index contributed by atoms with van der Waals surface area (Å²) in [5.41, 5.74) is 0.270. The highest BCUT2D eigenvalue weighted by Gasteiger charge is 2.19. The van der Waals surface area contributed by atoms with E-state index in [4.69, 9.17) is 5.11 Å². The Morgan fingerprint density at radius 1 is 1.50 bits per heavy atom. The Morgan fingerprint density at radius 3 is 2.67 bits per heavy atom. The van der Waals surface area contributed by atoms with Crippen molar-refractivity contribution >= 4 is 22.5 Å². The highest BCUT2D eigenvalue weighted by molar-refractivity contribution is 7.84. The maximum Gasteiger partial charge on any atom is 0.304 e. The van der Waals surface area contributed by atoms with Crippen molar-refractivity contribution in [3.8, 4) is 0 Å². The largest absolute Gasteiger partial charge is 0.481 e. The van der Waals surface area contributed by atoms with Gasteiger partial charge < -0.3 is 5.11 Å². The van der Waals surface area contributed by atoms with Crippen LogP contribution in [-0.4, -0.2) is 25.5 Å². The minimum Gasteiger partial charge on any atom is -0.481 e. The number of hydrogen-bond donors (Lipinski definition) is 1. The molecule has 1 aromatic carbocycles. The van der Waals surface area contributed by atoms with Crippen molar-refractivity contribution in [3.63, 3.8) is 0 Å². The van der Waals surface area contributed by atoms with Crippen molar-refractivity contribution in [2.24, 2.45) is 0 Å². The Hall–Kier alpha value is -1.76. The van der Waals surface area contributed by atoms with Crippen molar-refractivity contribution < 1.29 is 19.0 Å². The Balaban J connectivity index is 2.82. The fourth-order valence-corrected chi connectivity index (χ4v) is 2.61. The van der Waals surface area contributed by atoms with Crippen molar-refractivity contribution in [1.29, 1.82) is 0 Å². The van der Waals surface area contributed by atoms with E-state index in [1.54, 1.807) is 13.0 Å². The molecular weight excluding hydrogens is 258 g/mol. The smallest absolute Gasteiger partial charge is 0.304 e. The van der Waals surface area contributed by atoms with Gasteiger partial charge in [-0.05, 0) is 0 Å². The quantitative estimate of drug-likeness (QED) is 0.627. The topological polar surface area (TPSA) is 97.5 Å². The van der Waals surface area contributed by atoms with E-state index in [9.17, 15) is 19.1 Å². The summed E-state index contributed by atoms with van der Waals surface area (Å²) in [5.74, 6) is -1.04. The van der Waals surface area contributed by atoms with Gasteiger partial charge in [-0.1, -0.05) is 25.1 Å². The van der Waals surface area contributed by atoms with Crippen LogP contribution in [0.1, 0.15) is 18.9 Å². The summed E-state index contributed by atoms with van der Waals surface area (Å²) < 4.78 is 11.8. The van der Waals surface area contributed by atoms with E-state index in [2.05, 4.69) is 0 Å². The number of carbonyl (C=O) groups is 1. The molecule has 0 aromatic heterocycles. The maximum atomic E-state index is 11.8. The second-order valence-electron chi connectivity index (χ2n) is 3.82. The van der Waals surface area contributed by atoms with Crippen LogP contribution in [0.5, 0.6) is 0 Å². The second kappa shape index (κ2) is 6.25. The average molecular weight is 271 g/mol. The zero-order chi connectivity index (χ0) is 13.7. The van der Waals surface area contributed by atoms with Crippen LogP contribution in [-0.2, 0) is 21.3 Å². The van der Waals surface area contributed by atoms with Crippen LogP contribution in [0.3, 0.4) is 0 Å². The average Bonchev–Trinajstić information content (AvgIpc) is 2.28. The van der Waals surface area contributed by atoms with Crippen LogP contribution in [0.4, 0.5) is 5.69 Å². The lowest BCUT2D eigenvalue weighted by Crippen LogP contribution is -2.17. The zero-order valence-electron chi connectivity index (χ0n) is 9.74. The summed E-state index contributed by atoms with van der Waals surface area (Å²) >= 11 is 0. The number of benzene rings is 1. The van der Waals surface area contributed by atoms with Crippen LogP contribution in [0.2, 0.25) is 0 Å². The molecule has 0 radical (unpaired) electrons. The zero-order valence-corrected chi connectivity index (χ0v) is 10.6. The van der Waals surface area contributed by atoms with Gasteiger partial charge in [0, 0.05) is 27.7 Å². The molecule has 1 N–H and O–H groups in total. The maximum absolute atomic E-state index is 11.8. The third kappa shape index (κ3) is 3.92. The molecule has 18 heavy (non-hydrogen) atoms. The summed E-state index contributed by atoms with van der Waals surface area (Å²) in [6.07, 6.45) is -0.215. The normalized spacial score (nSPS) is 13.8. The molecule has 0 aliphatic carbocycles. The third-order valence-electron chi connectivity index (χ3n) is 2.40. The molecule has 98 valence electrons. The van der Waals surface area contributed by atoms with E-state index in [1.807, 2.05) is 0 Å². The standard InChI is InChI=1S/C11H13NO5S/c1-8(6-11(13)14)18(17)7-9-4-2-3-5-10(9)12(15)16/h2-5,8H,6-7H2,1H3,(H,13,14). The van der Waals surface area contributed by atoms with Gasteiger partial charge in [0.1, 0.15) is 0 Å². The number of aliphatic carboxylic acids is 1. The number of rotatable bonds is 6. The van der Waals surface area contributed by atoms with E-state index >= 15 is 0 Å². The third-order valence-corrected chi connectivity index (χ3v) is 4.06. The molecule has 0 aliphatic heterocycles. The van der Waals surface area contributed by atoms with Crippen LogP contribution in [0.15, 0.2) is 24.3 Å². The molecule has 2 atom stereocenters. The number of nitro benzene ring substituents is 1. The summed E-state index contributed by atoms with van der Waals surface area (Å²) in [7, 11) is -1.45. The minimum atomic E-state index is -1.45. The molecule has 0 fully saturated rings. The molecule has 7 heteroatoms.